The summed E-state index contributed by atoms with van der Waals surface area (Å²) >= 11 is 0. The highest BCUT2D eigenvalue weighted by Gasteiger charge is 2.28. The predicted octanol–water partition coefficient (Wildman–Crippen LogP) is 3.35. The van der Waals surface area contributed by atoms with Crippen LogP contribution in [0.4, 0.5) is 0 Å². The van der Waals surface area contributed by atoms with E-state index in [1.807, 2.05) is 6.92 Å². The Hall–Kier alpha value is -1.06. The molecule has 0 aliphatic carbocycles. The first kappa shape index (κ1) is 15.3. The van der Waals surface area contributed by atoms with Gasteiger partial charge in [0.2, 0.25) is 0 Å². The molecule has 0 aromatic heterocycles. The van der Waals surface area contributed by atoms with Crippen molar-refractivity contribution in [1.29, 1.82) is 0 Å². The van der Waals surface area contributed by atoms with Crippen molar-refractivity contribution in [3.05, 3.63) is 29.8 Å². The number of nitrogens with two attached hydrogens (primary N) is 1. The van der Waals surface area contributed by atoms with Gasteiger partial charge in [0.05, 0.1) is 6.61 Å². The van der Waals surface area contributed by atoms with Crippen LogP contribution in [-0.4, -0.2) is 30.6 Å². The Balaban J connectivity index is 2.18. The Morgan fingerprint density at radius 1 is 1.35 bits per heavy atom. The monoisotopic (exact) mass is 276 g/mol. The highest BCUT2D eigenvalue weighted by atomic mass is 16.5. The van der Waals surface area contributed by atoms with Crippen molar-refractivity contribution in [3.63, 3.8) is 0 Å². The van der Waals surface area contributed by atoms with Crippen LogP contribution in [0.3, 0.4) is 0 Å². The molecule has 1 aromatic rings. The largest absolute Gasteiger partial charge is 0.494 e. The third-order valence-electron chi connectivity index (χ3n) is 4.34. The fourth-order valence-corrected chi connectivity index (χ4v) is 3.33. The minimum atomic E-state index is 0.398. The quantitative estimate of drug-likeness (QED) is 0.866. The van der Waals surface area contributed by atoms with Crippen molar-refractivity contribution in [2.45, 2.75) is 51.6 Å². The fourth-order valence-electron chi connectivity index (χ4n) is 3.33. The van der Waals surface area contributed by atoms with Gasteiger partial charge in [-0.3, -0.25) is 4.90 Å². The zero-order valence-corrected chi connectivity index (χ0v) is 12.8. The molecule has 1 fully saturated rings. The number of likely N-dealkylation sites (tertiary alicyclic amines) is 1. The topological polar surface area (TPSA) is 38.5 Å². The standard InChI is InChI=1S/C17H28N2O/c1-3-20-17-10-5-4-9-16(17)14(2)19-13-7-6-8-15(19)11-12-18/h4-5,9-10,14-15H,3,6-8,11-13,18H2,1-2H3. The maximum Gasteiger partial charge on any atom is 0.124 e. The molecule has 1 aromatic carbocycles. The number of rotatable bonds is 6. The molecule has 1 aliphatic heterocycles. The smallest absolute Gasteiger partial charge is 0.124 e. The Bertz CT molecular complexity index is 406. The van der Waals surface area contributed by atoms with Gasteiger partial charge in [-0.25, -0.2) is 0 Å². The molecule has 20 heavy (non-hydrogen) atoms. The average molecular weight is 276 g/mol. The molecule has 1 heterocycles. The zero-order valence-electron chi connectivity index (χ0n) is 12.8. The minimum absolute atomic E-state index is 0.398. The van der Waals surface area contributed by atoms with Crippen molar-refractivity contribution in [1.82, 2.24) is 4.90 Å². The van der Waals surface area contributed by atoms with E-state index in [-0.39, 0.29) is 0 Å². The van der Waals surface area contributed by atoms with Crippen LogP contribution >= 0.6 is 0 Å². The van der Waals surface area contributed by atoms with Gasteiger partial charge in [-0.05, 0) is 52.3 Å². The average Bonchev–Trinajstić information content (AvgIpc) is 2.48. The highest BCUT2D eigenvalue weighted by Crippen LogP contribution is 2.34. The lowest BCUT2D eigenvalue weighted by molar-refractivity contribution is 0.0966. The van der Waals surface area contributed by atoms with Crippen molar-refractivity contribution < 1.29 is 4.74 Å². The second-order valence-electron chi connectivity index (χ2n) is 5.61. The van der Waals surface area contributed by atoms with E-state index < -0.39 is 0 Å². The van der Waals surface area contributed by atoms with E-state index in [1.54, 1.807) is 0 Å². The Morgan fingerprint density at radius 2 is 2.15 bits per heavy atom. The molecule has 2 atom stereocenters. The molecule has 112 valence electrons. The van der Waals surface area contributed by atoms with Crippen molar-refractivity contribution >= 4 is 0 Å². The van der Waals surface area contributed by atoms with E-state index in [9.17, 15) is 0 Å². The number of benzene rings is 1. The summed E-state index contributed by atoms with van der Waals surface area (Å²) in [5.41, 5.74) is 7.09. The fraction of sp³-hybridized carbons (Fsp3) is 0.647. The Kier molecular flexibility index (Phi) is 5.86. The first-order chi connectivity index (χ1) is 9.77. The van der Waals surface area contributed by atoms with Crippen LogP contribution < -0.4 is 10.5 Å². The molecule has 2 rings (SSSR count). The molecule has 0 saturated carbocycles. The lowest BCUT2D eigenvalue weighted by Gasteiger charge is -2.40. The zero-order chi connectivity index (χ0) is 14.4. The van der Waals surface area contributed by atoms with Crippen LogP contribution in [0.15, 0.2) is 24.3 Å². The third-order valence-corrected chi connectivity index (χ3v) is 4.34. The second kappa shape index (κ2) is 7.65. The number of nitrogens with zero attached hydrogens (tertiary/aromatic N) is 1. The van der Waals surface area contributed by atoms with Gasteiger partial charge in [-0.2, -0.15) is 0 Å². The van der Waals surface area contributed by atoms with Crippen molar-refractivity contribution in [2.24, 2.45) is 5.73 Å². The molecule has 3 nitrogen and oxygen atoms in total. The summed E-state index contributed by atoms with van der Waals surface area (Å²) in [5, 5.41) is 0. The van der Waals surface area contributed by atoms with Crippen LogP contribution in [0.25, 0.3) is 0 Å². The molecule has 3 heteroatoms. The first-order valence-electron chi connectivity index (χ1n) is 7.95. The summed E-state index contributed by atoms with van der Waals surface area (Å²) in [6.07, 6.45) is 5.00. The molecule has 0 bridgehead atoms. The van der Waals surface area contributed by atoms with Crippen LogP contribution in [0, 0.1) is 0 Å². The van der Waals surface area contributed by atoms with Gasteiger partial charge >= 0.3 is 0 Å². The summed E-state index contributed by atoms with van der Waals surface area (Å²) in [7, 11) is 0. The van der Waals surface area contributed by atoms with Gasteiger partial charge in [0, 0.05) is 17.6 Å². The maximum atomic E-state index is 5.79. The number of para-hydroxylation sites is 1. The van der Waals surface area contributed by atoms with E-state index in [4.69, 9.17) is 10.5 Å². The molecule has 0 spiro atoms. The molecule has 1 saturated heterocycles. The molecule has 0 radical (unpaired) electrons. The van der Waals surface area contributed by atoms with Crippen LogP contribution in [0.5, 0.6) is 5.75 Å². The summed E-state index contributed by atoms with van der Waals surface area (Å²) in [6.45, 7) is 7.01. The first-order valence-corrected chi connectivity index (χ1v) is 7.95. The van der Waals surface area contributed by atoms with Crippen LogP contribution in [-0.2, 0) is 0 Å². The number of hydrogen-bond donors (Lipinski definition) is 1. The van der Waals surface area contributed by atoms with Gasteiger partial charge in [0.15, 0.2) is 0 Å². The summed E-state index contributed by atoms with van der Waals surface area (Å²) in [6, 6.07) is 9.46. The predicted molar refractivity (Wildman–Crippen MR) is 84.0 cm³/mol. The normalized spacial score (nSPS) is 21.6. The van der Waals surface area contributed by atoms with Crippen molar-refractivity contribution in [2.75, 3.05) is 19.7 Å². The van der Waals surface area contributed by atoms with E-state index in [1.165, 1.54) is 31.4 Å². The minimum Gasteiger partial charge on any atom is -0.494 e. The van der Waals surface area contributed by atoms with E-state index in [0.717, 1.165) is 25.3 Å². The Morgan fingerprint density at radius 3 is 2.90 bits per heavy atom. The van der Waals surface area contributed by atoms with E-state index in [0.29, 0.717) is 12.1 Å². The SMILES string of the molecule is CCOc1ccccc1C(C)N1CCCCC1CCN. The van der Waals surface area contributed by atoms with Gasteiger partial charge < -0.3 is 10.5 Å². The molecule has 0 amide bonds. The number of hydrogen-bond acceptors (Lipinski definition) is 3. The number of ether oxygens (including phenoxy) is 1. The highest BCUT2D eigenvalue weighted by molar-refractivity contribution is 5.35. The third kappa shape index (κ3) is 3.53. The number of piperidine rings is 1. The molecule has 1 aliphatic rings. The molecular weight excluding hydrogens is 248 g/mol. The lowest BCUT2D eigenvalue weighted by Crippen LogP contribution is -2.42. The molecule has 2 N–H and O–H groups in total. The van der Waals surface area contributed by atoms with Crippen molar-refractivity contribution in [3.8, 4) is 5.75 Å². The van der Waals surface area contributed by atoms with E-state index in [2.05, 4.69) is 36.1 Å². The van der Waals surface area contributed by atoms with Gasteiger partial charge in [0.1, 0.15) is 5.75 Å². The van der Waals surface area contributed by atoms with Crippen LogP contribution in [0.2, 0.25) is 0 Å². The molecule has 2 unspecified atom stereocenters. The molecular formula is C17H28N2O. The lowest BCUT2D eigenvalue weighted by atomic mass is 9.95. The van der Waals surface area contributed by atoms with Gasteiger partial charge in [-0.15, -0.1) is 0 Å². The summed E-state index contributed by atoms with van der Waals surface area (Å²) in [5.74, 6) is 1.03. The summed E-state index contributed by atoms with van der Waals surface area (Å²) in [4.78, 5) is 2.62. The summed E-state index contributed by atoms with van der Waals surface area (Å²) < 4.78 is 5.79. The maximum absolute atomic E-state index is 5.79. The van der Waals surface area contributed by atoms with Gasteiger partial charge in [0.25, 0.3) is 0 Å². The second-order valence-corrected chi connectivity index (χ2v) is 5.61. The van der Waals surface area contributed by atoms with Crippen LogP contribution in [0.1, 0.15) is 51.1 Å². The Labute approximate surface area is 123 Å². The van der Waals surface area contributed by atoms with E-state index >= 15 is 0 Å². The van der Waals surface area contributed by atoms with Gasteiger partial charge in [-0.1, -0.05) is 24.6 Å².